The summed E-state index contributed by atoms with van der Waals surface area (Å²) >= 11 is 0. The molecule has 0 amide bonds. The fourth-order valence-corrected chi connectivity index (χ4v) is 1.24. The van der Waals surface area contributed by atoms with Gasteiger partial charge in [-0.2, -0.15) is 0 Å². The number of aliphatic carboxylic acids is 1. The first kappa shape index (κ1) is 14.7. The average molecular weight is 268 g/mol. The smallest absolute Gasteiger partial charge is 0.344 e. The molecule has 0 radical (unpaired) electrons. The molecule has 0 saturated heterocycles. The minimum atomic E-state index is -1.12. The van der Waals surface area contributed by atoms with Crippen LogP contribution >= 0.6 is 0 Å². The lowest BCUT2D eigenvalue weighted by Crippen LogP contribution is -2.15. The second-order valence-corrected chi connectivity index (χ2v) is 3.46. The third-order valence-electron chi connectivity index (χ3n) is 2.03. The minimum absolute atomic E-state index is 0.0967. The zero-order chi connectivity index (χ0) is 14.3. The van der Waals surface area contributed by atoms with Crippen LogP contribution in [0.25, 0.3) is 6.08 Å². The molecule has 0 aliphatic carbocycles. The molecule has 19 heavy (non-hydrogen) atoms. The molecule has 1 aromatic carbocycles. The predicted octanol–water partition coefficient (Wildman–Crippen LogP) is 1.87. The van der Waals surface area contributed by atoms with Gasteiger partial charge in [0.2, 0.25) is 0 Å². The van der Waals surface area contributed by atoms with E-state index in [-0.39, 0.29) is 19.0 Å². The normalized spacial score (nSPS) is 10.4. The molecule has 6 heteroatoms. The second kappa shape index (κ2) is 7.15. The molecule has 1 N–H and O–H groups in total. The van der Waals surface area contributed by atoms with Gasteiger partial charge >= 0.3 is 11.9 Å². The van der Waals surface area contributed by atoms with Gasteiger partial charge in [-0.05, 0) is 30.7 Å². The molecule has 1 rings (SSSR count). The average Bonchev–Trinajstić information content (AvgIpc) is 2.35. The number of halogens is 1. The summed E-state index contributed by atoms with van der Waals surface area (Å²) in [6.45, 7) is 1.50. The first-order valence-electron chi connectivity index (χ1n) is 5.52. The van der Waals surface area contributed by atoms with Gasteiger partial charge in [-0.1, -0.05) is 6.07 Å². The molecule has 102 valence electrons. The van der Waals surface area contributed by atoms with E-state index in [9.17, 15) is 14.0 Å². The highest BCUT2D eigenvalue weighted by Gasteiger charge is 2.07. The van der Waals surface area contributed by atoms with Crippen molar-refractivity contribution >= 4 is 18.0 Å². The molecule has 0 saturated carbocycles. The summed E-state index contributed by atoms with van der Waals surface area (Å²) in [6, 6.07) is 3.90. The quantitative estimate of drug-likeness (QED) is 0.629. The Labute approximate surface area is 109 Å². The van der Waals surface area contributed by atoms with Crippen LogP contribution in [-0.2, 0) is 14.3 Å². The van der Waals surface area contributed by atoms with Gasteiger partial charge in [0.25, 0.3) is 0 Å². The van der Waals surface area contributed by atoms with E-state index in [1.807, 2.05) is 0 Å². The van der Waals surface area contributed by atoms with Gasteiger partial charge in [0.15, 0.2) is 18.2 Å². The van der Waals surface area contributed by atoms with E-state index in [4.69, 9.17) is 9.84 Å². The number of carbonyl (C=O) groups is 2. The molecule has 0 spiro atoms. The van der Waals surface area contributed by atoms with Crippen molar-refractivity contribution in [2.75, 3.05) is 13.2 Å². The van der Waals surface area contributed by atoms with Crippen LogP contribution in [-0.4, -0.2) is 30.3 Å². The monoisotopic (exact) mass is 268 g/mol. The molecular weight excluding hydrogens is 255 g/mol. The van der Waals surface area contributed by atoms with E-state index < -0.39 is 17.8 Å². The molecular formula is C13H13FO5. The third kappa shape index (κ3) is 5.20. The Balaban J connectivity index is 2.67. The van der Waals surface area contributed by atoms with Crippen LogP contribution in [0.4, 0.5) is 4.39 Å². The van der Waals surface area contributed by atoms with Crippen molar-refractivity contribution in [1.29, 1.82) is 0 Å². The number of benzene rings is 1. The third-order valence-corrected chi connectivity index (χ3v) is 2.03. The Hall–Kier alpha value is -2.37. The fourth-order valence-electron chi connectivity index (χ4n) is 1.24. The van der Waals surface area contributed by atoms with Crippen LogP contribution in [0, 0.1) is 5.82 Å². The number of carboxylic acids is 1. The Bertz CT molecular complexity index is 496. The molecule has 0 atom stereocenters. The molecule has 0 aliphatic rings. The van der Waals surface area contributed by atoms with Gasteiger partial charge < -0.3 is 14.6 Å². The van der Waals surface area contributed by atoms with Crippen molar-refractivity contribution in [3.05, 3.63) is 35.7 Å². The van der Waals surface area contributed by atoms with Gasteiger partial charge in [-0.3, -0.25) is 0 Å². The number of ether oxygens (including phenoxy) is 2. The summed E-state index contributed by atoms with van der Waals surface area (Å²) in [5.41, 5.74) is 0.378. The largest absolute Gasteiger partial charge is 0.479 e. The highest BCUT2D eigenvalue weighted by molar-refractivity contribution is 5.85. The Kier molecular flexibility index (Phi) is 5.53. The van der Waals surface area contributed by atoms with Gasteiger partial charge in [-0.15, -0.1) is 0 Å². The van der Waals surface area contributed by atoms with Crippen molar-refractivity contribution < 1.29 is 28.6 Å². The summed E-state index contributed by atoms with van der Waals surface area (Å²) in [5.74, 6) is -2.49. The van der Waals surface area contributed by atoms with E-state index in [2.05, 4.69) is 4.74 Å². The van der Waals surface area contributed by atoms with Crippen molar-refractivity contribution in [1.82, 2.24) is 0 Å². The molecule has 0 aromatic heterocycles. The molecule has 0 aliphatic heterocycles. The number of hydrogen-bond donors (Lipinski definition) is 1. The zero-order valence-electron chi connectivity index (χ0n) is 10.3. The number of esters is 1. The summed E-state index contributed by atoms with van der Waals surface area (Å²) in [5, 5.41) is 8.44. The number of hydrogen-bond acceptors (Lipinski definition) is 4. The van der Waals surface area contributed by atoms with Crippen molar-refractivity contribution in [3.63, 3.8) is 0 Å². The molecule has 0 bridgehead atoms. The summed E-state index contributed by atoms with van der Waals surface area (Å²) in [7, 11) is 0. The number of carbonyl (C=O) groups excluding carboxylic acids is 1. The van der Waals surface area contributed by atoms with Crippen LogP contribution in [0.1, 0.15) is 12.5 Å². The van der Waals surface area contributed by atoms with Crippen LogP contribution in [0.2, 0.25) is 0 Å². The summed E-state index contributed by atoms with van der Waals surface area (Å²) in [4.78, 5) is 21.3. The molecule has 0 unspecified atom stereocenters. The van der Waals surface area contributed by atoms with Crippen LogP contribution in [0.15, 0.2) is 24.3 Å². The van der Waals surface area contributed by atoms with Crippen molar-refractivity contribution in [3.8, 4) is 5.75 Å². The fraction of sp³-hybridized carbons (Fsp3) is 0.231. The highest BCUT2D eigenvalue weighted by Crippen LogP contribution is 2.19. The van der Waals surface area contributed by atoms with Crippen LogP contribution < -0.4 is 4.74 Å². The Morgan fingerprint density at radius 3 is 2.74 bits per heavy atom. The predicted molar refractivity (Wildman–Crippen MR) is 65.2 cm³/mol. The van der Waals surface area contributed by atoms with Gasteiger partial charge in [-0.25, -0.2) is 14.0 Å². The van der Waals surface area contributed by atoms with E-state index in [0.29, 0.717) is 5.56 Å². The summed E-state index contributed by atoms with van der Waals surface area (Å²) < 4.78 is 23.1. The first-order valence-corrected chi connectivity index (χ1v) is 5.52. The lowest BCUT2D eigenvalue weighted by atomic mass is 10.2. The molecule has 0 heterocycles. The topological polar surface area (TPSA) is 72.8 Å². The lowest BCUT2D eigenvalue weighted by Gasteiger charge is -2.07. The maximum Gasteiger partial charge on any atom is 0.344 e. The Morgan fingerprint density at radius 1 is 1.42 bits per heavy atom. The molecule has 0 fully saturated rings. The zero-order valence-corrected chi connectivity index (χ0v) is 10.3. The van der Waals surface area contributed by atoms with Crippen molar-refractivity contribution in [2.45, 2.75) is 6.92 Å². The van der Waals surface area contributed by atoms with Crippen molar-refractivity contribution in [2.24, 2.45) is 0 Å². The van der Waals surface area contributed by atoms with E-state index in [1.54, 1.807) is 6.92 Å². The number of carboxylic acid groups (broad SMARTS) is 1. The first-order chi connectivity index (χ1) is 9.02. The van der Waals surface area contributed by atoms with Gasteiger partial charge in [0, 0.05) is 6.08 Å². The number of rotatable bonds is 6. The highest BCUT2D eigenvalue weighted by atomic mass is 19.1. The van der Waals surface area contributed by atoms with Crippen LogP contribution in [0.3, 0.4) is 0 Å². The summed E-state index contributed by atoms with van der Waals surface area (Å²) in [6.07, 6.45) is 2.15. The SMILES string of the molecule is CCOC(=O)COc1ccc(/C=C/C(=O)O)cc1F. The van der Waals surface area contributed by atoms with E-state index >= 15 is 0 Å². The van der Waals surface area contributed by atoms with Gasteiger partial charge in [0.1, 0.15) is 0 Å². The lowest BCUT2D eigenvalue weighted by molar-refractivity contribution is -0.145. The minimum Gasteiger partial charge on any atom is -0.479 e. The molecule has 5 nitrogen and oxygen atoms in total. The van der Waals surface area contributed by atoms with E-state index in [1.165, 1.54) is 18.2 Å². The van der Waals surface area contributed by atoms with Gasteiger partial charge in [0.05, 0.1) is 6.61 Å². The molecule has 1 aromatic rings. The second-order valence-electron chi connectivity index (χ2n) is 3.46. The maximum atomic E-state index is 13.6. The van der Waals surface area contributed by atoms with E-state index in [0.717, 1.165) is 12.1 Å². The van der Waals surface area contributed by atoms with Crippen LogP contribution in [0.5, 0.6) is 5.75 Å². The Morgan fingerprint density at radius 2 is 2.16 bits per heavy atom. The standard InChI is InChI=1S/C13H13FO5/c1-2-18-13(17)8-19-11-5-3-9(7-10(11)14)4-6-12(15)16/h3-7H,2,8H2,1H3,(H,15,16)/b6-4+. The maximum absolute atomic E-state index is 13.6.